The molecule has 0 aromatic rings. The number of hydrogen-bond donors (Lipinski definition) is 1. The van der Waals surface area contributed by atoms with E-state index in [0.29, 0.717) is 0 Å². The van der Waals surface area contributed by atoms with Crippen LogP contribution < -0.4 is 0 Å². The Labute approximate surface area is 126 Å². The summed E-state index contributed by atoms with van der Waals surface area (Å²) in [4.78, 5) is 0. The predicted molar refractivity (Wildman–Crippen MR) is 88.9 cm³/mol. The Morgan fingerprint density at radius 2 is 1.05 bits per heavy atom. The lowest BCUT2D eigenvalue weighted by Crippen LogP contribution is -2.31. The largest absolute Gasteiger partial charge is 0.393 e. The molecule has 3 rings (SSSR count). The summed E-state index contributed by atoms with van der Waals surface area (Å²) in [5.41, 5.74) is 3.05. The topological polar surface area (TPSA) is 20.2 Å². The average molecular weight is 296 g/mol. The van der Waals surface area contributed by atoms with Crippen LogP contribution in [0.15, 0.2) is 0 Å². The van der Waals surface area contributed by atoms with Crippen molar-refractivity contribution in [2.45, 2.75) is 113 Å². The maximum absolute atomic E-state index is 10.1. The van der Waals surface area contributed by atoms with E-state index in [0.717, 1.165) is 29.8 Å². The van der Waals surface area contributed by atoms with Gasteiger partial charge in [0.2, 0.25) is 0 Å². The summed E-state index contributed by atoms with van der Waals surface area (Å²) < 4.78 is 0. The molecule has 0 saturated heterocycles. The molecule has 3 aliphatic rings. The second-order valence-electron chi connectivity index (χ2n) is 7.51. The van der Waals surface area contributed by atoms with Gasteiger partial charge in [-0.1, -0.05) is 52.9 Å². The first-order chi connectivity index (χ1) is 9.84. The Morgan fingerprint density at radius 3 is 1.55 bits per heavy atom. The molecule has 1 N–H and O–H groups in total. The van der Waals surface area contributed by atoms with E-state index in [1.165, 1.54) is 77.0 Å². The Morgan fingerprint density at radius 1 is 0.550 bits per heavy atom. The summed E-state index contributed by atoms with van der Waals surface area (Å²) in [5, 5.41) is 10.1. The molecular formula is C18H33OP. The smallest absolute Gasteiger partial charge is 0.0546 e. The van der Waals surface area contributed by atoms with Crippen molar-refractivity contribution in [1.29, 1.82) is 0 Å². The average Bonchev–Trinajstić information content (AvgIpc) is 2.50. The van der Waals surface area contributed by atoms with E-state index in [4.69, 9.17) is 0 Å². The van der Waals surface area contributed by atoms with Gasteiger partial charge in [-0.25, -0.2) is 0 Å². The van der Waals surface area contributed by atoms with E-state index < -0.39 is 0 Å². The second kappa shape index (κ2) is 7.59. The lowest BCUT2D eigenvalue weighted by Gasteiger charge is -2.45. The maximum Gasteiger partial charge on any atom is 0.0546 e. The third kappa shape index (κ3) is 3.77. The molecule has 2 heteroatoms. The minimum Gasteiger partial charge on any atom is -0.393 e. The van der Waals surface area contributed by atoms with Crippen LogP contribution in [0, 0.1) is 0 Å². The third-order valence-electron chi connectivity index (χ3n) is 6.03. The van der Waals surface area contributed by atoms with Gasteiger partial charge >= 0.3 is 0 Å². The number of rotatable bonds is 3. The van der Waals surface area contributed by atoms with Crippen LogP contribution in [0.2, 0.25) is 0 Å². The highest BCUT2D eigenvalue weighted by Gasteiger charge is 2.37. The molecule has 0 heterocycles. The fraction of sp³-hybridized carbons (Fsp3) is 1.00. The van der Waals surface area contributed by atoms with Gasteiger partial charge in [0.1, 0.15) is 0 Å². The van der Waals surface area contributed by atoms with Crippen molar-refractivity contribution in [1.82, 2.24) is 0 Å². The van der Waals surface area contributed by atoms with Crippen LogP contribution in [0.5, 0.6) is 0 Å². The minimum atomic E-state index is 0.0333. The highest BCUT2D eigenvalue weighted by atomic mass is 31.1. The molecule has 0 aromatic heterocycles. The molecule has 116 valence electrons. The molecule has 0 radical (unpaired) electrons. The van der Waals surface area contributed by atoms with Crippen molar-refractivity contribution in [3.05, 3.63) is 0 Å². The van der Waals surface area contributed by atoms with Gasteiger partial charge in [-0.05, 0) is 61.9 Å². The van der Waals surface area contributed by atoms with Crippen LogP contribution in [-0.2, 0) is 0 Å². The quantitative estimate of drug-likeness (QED) is 0.688. The molecule has 3 saturated carbocycles. The first kappa shape index (κ1) is 15.3. The Kier molecular flexibility index (Phi) is 5.80. The lowest BCUT2D eigenvalue weighted by molar-refractivity contribution is 0.132. The first-order valence-electron chi connectivity index (χ1n) is 9.30. The molecule has 0 spiro atoms. The molecule has 0 aliphatic heterocycles. The van der Waals surface area contributed by atoms with Gasteiger partial charge < -0.3 is 5.11 Å². The normalized spacial score (nSPS) is 34.5. The van der Waals surface area contributed by atoms with Crippen LogP contribution >= 0.6 is 7.92 Å². The summed E-state index contributed by atoms with van der Waals surface area (Å²) in [7, 11) is 0.198. The van der Waals surface area contributed by atoms with Crippen molar-refractivity contribution in [3.8, 4) is 0 Å². The fourth-order valence-electron chi connectivity index (χ4n) is 5.06. The molecule has 20 heavy (non-hydrogen) atoms. The van der Waals surface area contributed by atoms with E-state index in [1.54, 1.807) is 0 Å². The highest BCUT2D eigenvalue weighted by Crippen LogP contribution is 2.61. The van der Waals surface area contributed by atoms with Gasteiger partial charge in [-0.3, -0.25) is 0 Å². The van der Waals surface area contributed by atoms with Gasteiger partial charge in [0.05, 0.1) is 6.10 Å². The Hall–Kier alpha value is 0.390. The molecule has 0 bridgehead atoms. The van der Waals surface area contributed by atoms with Gasteiger partial charge in [0.15, 0.2) is 0 Å². The zero-order valence-corrected chi connectivity index (χ0v) is 14.0. The van der Waals surface area contributed by atoms with Gasteiger partial charge in [-0.2, -0.15) is 0 Å². The molecule has 0 amide bonds. The van der Waals surface area contributed by atoms with Crippen molar-refractivity contribution in [2.24, 2.45) is 0 Å². The van der Waals surface area contributed by atoms with E-state index >= 15 is 0 Å². The Bertz CT molecular complexity index is 263. The monoisotopic (exact) mass is 296 g/mol. The van der Waals surface area contributed by atoms with Crippen LogP contribution in [0.25, 0.3) is 0 Å². The lowest BCUT2D eigenvalue weighted by atomic mass is 9.97. The van der Waals surface area contributed by atoms with Gasteiger partial charge in [0, 0.05) is 0 Å². The van der Waals surface area contributed by atoms with Gasteiger partial charge in [-0.15, -0.1) is 0 Å². The zero-order chi connectivity index (χ0) is 13.8. The Balaban J connectivity index is 1.70. The highest BCUT2D eigenvalue weighted by molar-refractivity contribution is 7.60. The van der Waals surface area contributed by atoms with Crippen molar-refractivity contribution >= 4 is 7.92 Å². The minimum absolute atomic E-state index is 0.0333. The van der Waals surface area contributed by atoms with Crippen molar-refractivity contribution < 1.29 is 5.11 Å². The molecule has 0 aromatic carbocycles. The molecular weight excluding hydrogens is 263 g/mol. The van der Waals surface area contributed by atoms with E-state index in [1.807, 2.05) is 0 Å². The molecule has 3 fully saturated rings. The number of hydrogen-bond acceptors (Lipinski definition) is 1. The number of aliphatic hydroxyl groups is 1. The van der Waals surface area contributed by atoms with Crippen LogP contribution in [0.4, 0.5) is 0 Å². The van der Waals surface area contributed by atoms with Gasteiger partial charge in [0.25, 0.3) is 0 Å². The molecule has 1 nitrogen and oxygen atoms in total. The summed E-state index contributed by atoms with van der Waals surface area (Å²) in [6, 6.07) is 0. The van der Waals surface area contributed by atoms with E-state index in [2.05, 4.69) is 0 Å². The van der Waals surface area contributed by atoms with Crippen LogP contribution in [-0.4, -0.2) is 28.2 Å². The zero-order valence-electron chi connectivity index (χ0n) is 13.1. The summed E-state index contributed by atoms with van der Waals surface area (Å²) in [6.45, 7) is 0. The van der Waals surface area contributed by atoms with Crippen LogP contribution in [0.1, 0.15) is 89.9 Å². The van der Waals surface area contributed by atoms with E-state index in [9.17, 15) is 5.11 Å². The first-order valence-corrected chi connectivity index (χ1v) is 10.8. The summed E-state index contributed by atoms with van der Waals surface area (Å²) in [5.74, 6) is 0. The number of aliphatic hydroxyl groups excluding tert-OH is 1. The summed E-state index contributed by atoms with van der Waals surface area (Å²) in [6.07, 6.45) is 20.0. The third-order valence-corrected chi connectivity index (χ3v) is 10.1. The molecule has 2 unspecified atom stereocenters. The second-order valence-corrected chi connectivity index (χ2v) is 10.6. The van der Waals surface area contributed by atoms with Crippen molar-refractivity contribution in [3.63, 3.8) is 0 Å². The molecule has 2 atom stereocenters. The van der Waals surface area contributed by atoms with E-state index in [-0.39, 0.29) is 14.0 Å². The van der Waals surface area contributed by atoms with Crippen molar-refractivity contribution in [2.75, 3.05) is 0 Å². The fourth-order valence-corrected chi connectivity index (χ4v) is 9.74. The standard InChI is InChI=1S/C18H33OP/c19-15-8-7-13-18(14-15)20(16-9-3-1-4-10-16)17-11-5-2-6-12-17/h15-19H,1-14H2. The molecule has 3 aliphatic carbocycles. The van der Waals surface area contributed by atoms with Crippen LogP contribution in [0.3, 0.4) is 0 Å². The maximum atomic E-state index is 10.1. The summed E-state index contributed by atoms with van der Waals surface area (Å²) >= 11 is 0. The SMILES string of the molecule is OC1CCCC(P(C2CCCCC2)C2CCCCC2)C1. The predicted octanol–water partition coefficient (Wildman–Crippen LogP) is 5.44.